The van der Waals surface area contributed by atoms with Crippen molar-refractivity contribution in [3.05, 3.63) is 28.0 Å². The maximum absolute atomic E-state index is 12.1. The number of rotatable bonds is 2. The molecule has 1 aliphatic rings. The van der Waals surface area contributed by atoms with Crippen LogP contribution in [0.1, 0.15) is 36.7 Å². The molecule has 1 unspecified atom stereocenters. The lowest BCUT2D eigenvalue weighted by molar-refractivity contribution is -0.402. The van der Waals surface area contributed by atoms with Crippen LogP contribution < -0.4 is 0 Å². The number of nitrogens with zero attached hydrogens (tertiary/aromatic N) is 2. The maximum Gasteiger partial charge on any atom is 0.433 e. The van der Waals surface area contributed by atoms with Crippen LogP contribution in [0.4, 0.5) is 5.88 Å². The normalized spacial score (nSPS) is 24.0. The van der Waals surface area contributed by atoms with Gasteiger partial charge in [0.2, 0.25) is 0 Å². The van der Waals surface area contributed by atoms with Crippen LogP contribution in [-0.2, 0) is 0 Å². The molecular weight excluding hydrogens is 252 g/mol. The molecule has 1 saturated heterocycles. The number of aliphatic hydroxyl groups is 1. The van der Waals surface area contributed by atoms with E-state index < -0.39 is 16.4 Å². The first-order valence-corrected chi connectivity index (χ1v) is 6.15. The van der Waals surface area contributed by atoms with Crippen molar-refractivity contribution in [3.63, 3.8) is 0 Å². The summed E-state index contributed by atoms with van der Waals surface area (Å²) in [7, 11) is 0. The van der Waals surface area contributed by atoms with E-state index >= 15 is 0 Å². The fraction of sp³-hybridized carbons (Fsp3) is 0.583. The molecule has 1 fully saturated rings. The van der Waals surface area contributed by atoms with Gasteiger partial charge < -0.3 is 14.4 Å². The lowest BCUT2D eigenvalue weighted by atomic mass is 9.98. The van der Waals surface area contributed by atoms with Gasteiger partial charge in [0, 0.05) is 13.1 Å². The van der Waals surface area contributed by atoms with Crippen LogP contribution in [0.2, 0.25) is 0 Å². The molecule has 0 aromatic carbocycles. The second-order valence-corrected chi connectivity index (χ2v) is 5.04. The second kappa shape index (κ2) is 5.00. The highest BCUT2D eigenvalue weighted by Crippen LogP contribution is 2.23. The Labute approximate surface area is 110 Å². The van der Waals surface area contributed by atoms with Crippen molar-refractivity contribution < 1.29 is 19.2 Å². The molecule has 104 valence electrons. The molecule has 19 heavy (non-hydrogen) atoms. The van der Waals surface area contributed by atoms with E-state index in [0.717, 1.165) is 0 Å². The standard InChI is InChI=1S/C12H16N2O5/c1-12(16)5-2-7-13(8-6-12)11(15)9-3-4-10(19-9)14(17)18/h3-4,16H,2,5-8H2,1H3. The molecule has 1 aliphatic heterocycles. The van der Waals surface area contributed by atoms with Crippen molar-refractivity contribution in [2.45, 2.75) is 31.8 Å². The first-order valence-electron chi connectivity index (χ1n) is 6.15. The molecule has 1 amide bonds. The summed E-state index contributed by atoms with van der Waals surface area (Å²) >= 11 is 0. The van der Waals surface area contributed by atoms with Gasteiger partial charge in [-0.25, -0.2) is 0 Å². The van der Waals surface area contributed by atoms with Crippen LogP contribution in [-0.4, -0.2) is 39.5 Å². The summed E-state index contributed by atoms with van der Waals surface area (Å²) in [4.78, 5) is 23.5. The highest BCUT2D eigenvalue weighted by atomic mass is 16.6. The predicted octanol–water partition coefficient (Wildman–Crippen LogP) is 1.56. The van der Waals surface area contributed by atoms with E-state index in [1.165, 1.54) is 12.1 Å². The summed E-state index contributed by atoms with van der Waals surface area (Å²) in [5.74, 6) is -0.843. The van der Waals surface area contributed by atoms with Crippen molar-refractivity contribution >= 4 is 11.8 Å². The Balaban J connectivity index is 2.08. The van der Waals surface area contributed by atoms with Crippen LogP contribution in [0.3, 0.4) is 0 Å². The van der Waals surface area contributed by atoms with Gasteiger partial charge in [0.25, 0.3) is 5.91 Å². The van der Waals surface area contributed by atoms with Crippen molar-refractivity contribution in [2.75, 3.05) is 13.1 Å². The molecule has 1 atom stereocenters. The van der Waals surface area contributed by atoms with Crippen molar-refractivity contribution in [2.24, 2.45) is 0 Å². The van der Waals surface area contributed by atoms with Gasteiger partial charge in [0.1, 0.15) is 4.92 Å². The van der Waals surface area contributed by atoms with Crippen LogP contribution in [0.25, 0.3) is 0 Å². The molecule has 1 aromatic heterocycles. The van der Waals surface area contributed by atoms with Crippen molar-refractivity contribution in [1.82, 2.24) is 4.90 Å². The van der Waals surface area contributed by atoms with Gasteiger partial charge in [0.05, 0.1) is 11.7 Å². The summed E-state index contributed by atoms with van der Waals surface area (Å²) in [5.41, 5.74) is -0.760. The lowest BCUT2D eigenvalue weighted by Gasteiger charge is -2.21. The zero-order chi connectivity index (χ0) is 14.0. The first-order chi connectivity index (χ1) is 8.89. The Hall–Kier alpha value is -1.89. The van der Waals surface area contributed by atoms with Crippen molar-refractivity contribution in [1.29, 1.82) is 0 Å². The summed E-state index contributed by atoms with van der Waals surface area (Å²) in [5, 5.41) is 20.5. The number of carbonyl (C=O) groups excluding carboxylic acids is 1. The number of hydrogen-bond donors (Lipinski definition) is 1. The molecule has 0 saturated carbocycles. The Bertz CT molecular complexity index is 494. The number of hydrogen-bond acceptors (Lipinski definition) is 5. The molecular formula is C12H16N2O5. The predicted molar refractivity (Wildman–Crippen MR) is 65.7 cm³/mol. The number of likely N-dealkylation sites (tertiary alicyclic amines) is 1. The molecule has 0 aliphatic carbocycles. The molecule has 1 aromatic rings. The number of amides is 1. The molecule has 7 heteroatoms. The van der Waals surface area contributed by atoms with Crippen molar-refractivity contribution in [3.8, 4) is 0 Å². The van der Waals surface area contributed by atoms with Crippen LogP contribution in [0.15, 0.2) is 16.5 Å². The largest absolute Gasteiger partial charge is 0.433 e. The van der Waals surface area contributed by atoms with E-state index in [0.29, 0.717) is 32.4 Å². The summed E-state index contributed by atoms with van der Waals surface area (Å²) in [6.45, 7) is 2.68. The molecule has 1 N–H and O–H groups in total. The van der Waals surface area contributed by atoms with Gasteiger partial charge in [-0.1, -0.05) is 0 Å². The average Bonchev–Trinajstić information content (AvgIpc) is 2.75. The van der Waals surface area contributed by atoms with Gasteiger partial charge in [-0.3, -0.25) is 14.9 Å². The van der Waals surface area contributed by atoms with E-state index in [2.05, 4.69) is 0 Å². The van der Waals surface area contributed by atoms with Crippen LogP contribution in [0, 0.1) is 10.1 Å². The minimum absolute atomic E-state index is 0.0340. The zero-order valence-electron chi connectivity index (χ0n) is 10.7. The van der Waals surface area contributed by atoms with E-state index in [1.54, 1.807) is 11.8 Å². The molecule has 0 radical (unpaired) electrons. The van der Waals surface area contributed by atoms with Crippen LogP contribution in [0.5, 0.6) is 0 Å². The van der Waals surface area contributed by atoms with Gasteiger partial charge in [-0.15, -0.1) is 0 Å². The minimum atomic E-state index is -0.760. The SMILES string of the molecule is CC1(O)CCCN(C(=O)c2ccc([N+](=O)[O-])o2)CC1. The summed E-state index contributed by atoms with van der Waals surface area (Å²) < 4.78 is 4.90. The van der Waals surface area contributed by atoms with Gasteiger partial charge in [-0.05, 0) is 32.3 Å². The average molecular weight is 268 g/mol. The number of furan rings is 1. The summed E-state index contributed by atoms with van der Waals surface area (Å²) in [6.07, 6.45) is 1.82. The topological polar surface area (TPSA) is 96.8 Å². The Morgan fingerprint density at radius 3 is 2.84 bits per heavy atom. The molecule has 2 rings (SSSR count). The third-order valence-electron chi connectivity index (χ3n) is 3.33. The number of nitro groups is 1. The monoisotopic (exact) mass is 268 g/mol. The molecule has 0 bridgehead atoms. The molecule has 7 nitrogen and oxygen atoms in total. The maximum atomic E-state index is 12.1. The second-order valence-electron chi connectivity index (χ2n) is 5.04. The number of carbonyl (C=O) groups is 1. The first kappa shape index (κ1) is 13.5. The zero-order valence-corrected chi connectivity index (χ0v) is 10.7. The Morgan fingerprint density at radius 2 is 2.21 bits per heavy atom. The van der Waals surface area contributed by atoms with Crippen LogP contribution >= 0.6 is 0 Å². The van der Waals surface area contributed by atoms with E-state index in [9.17, 15) is 20.0 Å². The third kappa shape index (κ3) is 3.11. The van der Waals surface area contributed by atoms with E-state index in [-0.39, 0.29) is 11.7 Å². The highest BCUT2D eigenvalue weighted by molar-refractivity contribution is 5.91. The summed E-state index contributed by atoms with van der Waals surface area (Å²) in [6, 6.07) is 2.48. The van der Waals surface area contributed by atoms with Gasteiger partial charge in [-0.2, -0.15) is 0 Å². The Morgan fingerprint density at radius 1 is 1.47 bits per heavy atom. The molecule has 2 heterocycles. The minimum Gasteiger partial charge on any atom is -0.395 e. The van der Waals surface area contributed by atoms with Gasteiger partial charge >= 0.3 is 5.88 Å². The van der Waals surface area contributed by atoms with E-state index in [1.807, 2.05) is 0 Å². The highest BCUT2D eigenvalue weighted by Gasteiger charge is 2.29. The smallest absolute Gasteiger partial charge is 0.395 e. The van der Waals surface area contributed by atoms with Gasteiger partial charge in [0.15, 0.2) is 5.76 Å². The molecule has 0 spiro atoms. The lowest BCUT2D eigenvalue weighted by Crippen LogP contribution is -2.33. The third-order valence-corrected chi connectivity index (χ3v) is 3.33. The fourth-order valence-corrected chi connectivity index (χ4v) is 2.16. The fourth-order valence-electron chi connectivity index (χ4n) is 2.16. The Kier molecular flexibility index (Phi) is 3.57. The van der Waals surface area contributed by atoms with E-state index in [4.69, 9.17) is 4.42 Å². The quantitative estimate of drug-likeness (QED) is 0.648.